The molecule has 10 heavy (non-hydrogen) atoms. The van der Waals surface area contributed by atoms with Gasteiger partial charge in [0.2, 0.25) is 9.05 Å². The van der Waals surface area contributed by atoms with Crippen molar-refractivity contribution in [3.05, 3.63) is 0 Å². The Morgan fingerprint density at radius 2 is 1.80 bits per heavy atom. The molecular weight excluding hydrogens is 195 g/mol. The van der Waals surface area contributed by atoms with Gasteiger partial charge in [-0.1, -0.05) is 13.8 Å². The van der Waals surface area contributed by atoms with Crippen molar-refractivity contribution in [3.63, 3.8) is 0 Å². The van der Waals surface area contributed by atoms with Crippen LogP contribution in [0.1, 0.15) is 13.8 Å². The minimum atomic E-state index is -3.43. The maximum Gasteiger partial charge on any atom is 0.234 e. The van der Waals surface area contributed by atoms with E-state index in [-0.39, 0.29) is 17.0 Å². The lowest BCUT2D eigenvalue weighted by atomic mass is 10.2. The number of rotatable bonds is 3. The molecule has 0 saturated carbocycles. The van der Waals surface area contributed by atoms with Crippen LogP contribution >= 0.6 is 22.3 Å². The van der Waals surface area contributed by atoms with Crippen LogP contribution in [0.15, 0.2) is 0 Å². The van der Waals surface area contributed by atoms with Crippen molar-refractivity contribution in [3.8, 4) is 0 Å². The van der Waals surface area contributed by atoms with Gasteiger partial charge >= 0.3 is 0 Å². The molecule has 0 saturated heterocycles. The third-order valence-electron chi connectivity index (χ3n) is 1.08. The molecule has 0 rings (SSSR count). The summed E-state index contributed by atoms with van der Waals surface area (Å²) >= 11 is 5.64. The maximum absolute atomic E-state index is 10.4. The Labute approximate surface area is 70.9 Å². The highest BCUT2D eigenvalue weighted by Gasteiger charge is 2.17. The molecule has 0 heterocycles. The van der Waals surface area contributed by atoms with E-state index in [9.17, 15) is 8.42 Å². The topological polar surface area (TPSA) is 34.1 Å². The van der Waals surface area contributed by atoms with Crippen molar-refractivity contribution < 1.29 is 8.42 Å². The largest absolute Gasteiger partial charge is 0.234 e. The smallest absolute Gasteiger partial charge is 0.212 e. The normalized spacial score (nSPS) is 15.7. The second kappa shape index (κ2) is 3.79. The van der Waals surface area contributed by atoms with E-state index < -0.39 is 9.05 Å². The highest BCUT2D eigenvalue weighted by molar-refractivity contribution is 8.13. The molecule has 1 atom stereocenters. The van der Waals surface area contributed by atoms with Crippen LogP contribution in [-0.2, 0) is 9.05 Å². The SMILES string of the molecule is CC(C)C(Cl)CS(=O)(=O)Cl. The summed E-state index contributed by atoms with van der Waals surface area (Å²) in [5.41, 5.74) is 0. The van der Waals surface area contributed by atoms with Crippen LogP contribution in [0.2, 0.25) is 0 Å². The summed E-state index contributed by atoms with van der Waals surface area (Å²) in [4.78, 5) is 0. The Morgan fingerprint density at radius 1 is 1.40 bits per heavy atom. The molecule has 2 nitrogen and oxygen atoms in total. The third-order valence-corrected chi connectivity index (χ3v) is 3.06. The molecular formula is C5H10Cl2O2S. The van der Waals surface area contributed by atoms with Gasteiger partial charge in [0.15, 0.2) is 0 Å². The van der Waals surface area contributed by atoms with Gasteiger partial charge in [0.05, 0.1) is 11.1 Å². The van der Waals surface area contributed by atoms with Gasteiger partial charge in [0.25, 0.3) is 0 Å². The zero-order valence-corrected chi connectivity index (χ0v) is 8.17. The molecule has 0 aromatic carbocycles. The summed E-state index contributed by atoms with van der Waals surface area (Å²) in [5.74, 6) is -0.0245. The van der Waals surface area contributed by atoms with E-state index in [0.29, 0.717) is 0 Å². The van der Waals surface area contributed by atoms with E-state index in [2.05, 4.69) is 0 Å². The molecule has 0 aromatic heterocycles. The number of alkyl halides is 1. The van der Waals surface area contributed by atoms with E-state index in [1.54, 1.807) is 0 Å². The Hall–Kier alpha value is 0.530. The molecule has 1 unspecified atom stereocenters. The lowest BCUT2D eigenvalue weighted by Crippen LogP contribution is -2.17. The quantitative estimate of drug-likeness (QED) is 0.520. The van der Waals surface area contributed by atoms with Gasteiger partial charge in [-0.3, -0.25) is 0 Å². The molecule has 0 N–H and O–H groups in total. The molecule has 0 fully saturated rings. The molecule has 0 aliphatic heterocycles. The molecule has 62 valence electrons. The molecule has 0 spiro atoms. The maximum atomic E-state index is 10.4. The first kappa shape index (κ1) is 10.5. The molecule has 5 heteroatoms. The molecule has 0 aliphatic carbocycles. The fourth-order valence-corrected chi connectivity index (χ4v) is 2.25. The molecule has 0 aliphatic rings. The Morgan fingerprint density at radius 3 is 1.90 bits per heavy atom. The van der Waals surface area contributed by atoms with Crippen molar-refractivity contribution in [1.29, 1.82) is 0 Å². The van der Waals surface area contributed by atoms with Gasteiger partial charge in [-0.05, 0) is 5.92 Å². The first-order valence-electron chi connectivity index (χ1n) is 2.89. The Bertz CT molecular complexity index is 186. The van der Waals surface area contributed by atoms with Crippen molar-refractivity contribution in [2.24, 2.45) is 5.92 Å². The van der Waals surface area contributed by atoms with Crippen LogP contribution in [-0.4, -0.2) is 19.5 Å². The van der Waals surface area contributed by atoms with Crippen LogP contribution in [0, 0.1) is 5.92 Å². The first-order chi connectivity index (χ1) is 4.33. The van der Waals surface area contributed by atoms with Crippen molar-refractivity contribution in [1.82, 2.24) is 0 Å². The van der Waals surface area contributed by atoms with Crippen LogP contribution in [0.5, 0.6) is 0 Å². The highest BCUT2D eigenvalue weighted by Crippen LogP contribution is 2.13. The average molecular weight is 205 g/mol. The highest BCUT2D eigenvalue weighted by atomic mass is 35.7. The van der Waals surface area contributed by atoms with E-state index in [0.717, 1.165) is 0 Å². The molecule has 0 radical (unpaired) electrons. The summed E-state index contributed by atoms with van der Waals surface area (Å²) in [5, 5.41) is -0.387. The summed E-state index contributed by atoms with van der Waals surface area (Å²) in [6.45, 7) is 3.69. The minimum absolute atomic E-state index is 0.134. The third kappa shape index (κ3) is 5.33. The van der Waals surface area contributed by atoms with Crippen LogP contribution < -0.4 is 0 Å². The second-order valence-corrected chi connectivity index (χ2v) is 5.85. The van der Waals surface area contributed by atoms with E-state index in [4.69, 9.17) is 22.3 Å². The van der Waals surface area contributed by atoms with E-state index in [1.807, 2.05) is 13.8 Å². The predicted molar refractivity (Wildman–Crippen MR) is 44.1 cm³/mol. The summed E-state index contributed by atoms with van der Waals surface area (Å²) in [6.07, 6.45) is 0. The monoisotopic (exact) mass is 204 g/mol. The summed E-state index contributed by atoms with van der Waals surface area (Å²) < 4.78 is 20.9. The van der Waals surface area contributed by atoms with Crippen LogP contribution in [0.4, 0.5) is 0 Å². The second-order valence-electron chi connectivity index (χ2n) is 2.47. The number of hydrogen-bond acceptors (Lipinski definition) is 2. The zero-order valence-electron chi connectivity index (χ0n) is 5.84. The molecule has 0 amide bonds. The average Bonchev–Trinajstić information content (AvgIpc) is 1.60. The molecule has 0 bridgehead atoms. The van der Waals surface area contributed by atoms with Crippen LogP contribution in [0.25, 0.3) is 0 Å². The first-order valence-corrected chi connectivity index (χ1v) is 5.81. The van der Waals surface area contributed by atoms with Crippen LogP contribution in [0.3, 0.4) is 0 Å². The van der Waals surface area contributed by atoms with Gasteiger partial charge in [0.1, 0.15) is 0 Å². The number of halogens is 2. The lowest BCUT2D eigenvalue weighted by molar-refractivity contribution is 0.588. The van der Waals surface area contributed by atoms with E-state index >= 15 is 0 Å². The number of hydrogen-bond donors (Lipinski definition) is 0. The fraction of sp³-hybridized carbons (Fsp3) is 1.00. The predicted octanol–water partition coefficient (Wildman–Crippen LogP) is 1.82. The molecule has 0 aromatic rings. The zero-order chi connectivity index (χ0) is 8.36. The van der Waals surface area contributed by atoms with E-state index in [1.165, 1.54) is 0 Å². The fourth-order valence-electron chi connectivity index (χ4n) is 0.383. The van der Waals surface area contributed by atoms with Crippen molar-refractivity contribution in [2.75, 3.05) is 5.75 Å². The standard InChI is InChI=1S/C5H10Cl2O2S/c1-4(2)5(6)3-10(7,8)9/h4-5H,3H2,1-2H3. The van der Waals surface area contributed by atoms with Gasteiger partial charge in [-0.25, -0.2) is 8.42 Å². The van der Waals surface area contributed by atoms with Crippen molar-refractivity contribution in [2.45, 2.75) is 19.2 Å². The minimum Gasteiger partial charge on any atom is -0.212 e. The summed E-state index contributed by atoms with van der Waals surface area (Å²) in [6, 6.07) is 0. The van der Waals surface area contributed by atoms with Gasteiger partial charge in [-0.15, -0.1) is 11.6 Å². The van der Waals surface area contributed by atoms with Gasteiger partial charge in [-0.2, -0.15) is 0 Å². The van der Waals surface area contributed by atoms with Crippen molar-refractivity contribution >= 4 is 31.3 Å². The Kier molecular flexibility index (Phi) is 3.99. The van der Waals surface area contributed by atoms with Gasteiger partial charge in [0, 0.05) is 10.7 Å². The van der Waals surface area contributed by atoms with Gasteiger partial charge < -0.3 is 0 Å². The Balaban J connectivity index is 3.93. The summed E-state index contributed by atoms with van der Waals surface area (Å²) in [7, 11) is 1.53. The lowest BCUT2D eigenvalue weighted by Gasteiger charge is -2.09.